The fourth-order valence-electron chi connectivity index (χ4n) is 2.07. The number of anilines is 1. The smallest absolute Gasteiger partial charge is 0.229 e. The summed E-state index contributed by atoms with van der Waals surface area (Å²) in [6.45, 7) is 0. The molecule has 0 unspecified atom stereocenters. The molecule has 0 spiro atoms. The molecule has 1 aromatic heterocycles. The van der Waals surface area contributed by atoms with Crippen LogP contribution < -0.4 is 15.2 Å². The van der Waals surface area contributed by atoms with Gasteiger partial charge in [0.1, 0.15) is 0 Å². The summed E-state index contributed by atoms with van der Waals surface area (Å²) in [4.78, 5) is 0. The van der Waals surface area contributed by atoms with Gasteiger partial charge in [-0.15, -0.1) is 0 Å². The van der Waals surface area contributed by atoms with Gasteiger partial charge in [0.15, 0.2) is 11.5 Å². The van der Waals surface area contributed by atoms with Gasteiger partial charge < -0.3 is 19.7 Å². The Morgan fingerprint density at radius 2 is 2.16 bits per heavy atom. The molecule has 0 aliphatic heterocycles. The third-order valence-electron chi connectivity index (χ3n) is 3.42. The number of benzene rings is 1. The van der Waals surface area contributed by atoms with Crippen LogP contribution >= 0.6 is 0 Å². The molecule has 5 nitrogen and oxygen atoms in total. The Labute approximate surface area is 111 Å². The normalized spacial score (nSPS) is 15.0. The molecular formula is C14H16N2O3. The summed E-state index contributed by atoms with van der Waals surface area (Å²) in [7, 11) is 1.64. The average Bonchev–Trinajstić information content (AvgIpc) is 2.80. The highest BCUT2D eigenvalue weighted by Crippen LogP contribution is 2.37. The molecule has 1 aromatic carbocycles. The Balaban J connectivity index is 1.94. The van der Waals surface area contributed by atoms with Crippen LogP contribution in [0.4, 0.5) is 5.88 Å². The number of aromatic nitrogens is 1. The molecule has 5 heteroatoms. The number of methoxy groups -OCH3 is 1. The van der Waals surface area contributed by atoms with E-state index in [1.807, 2.05) is 18.2 Å². The van der Waals surface area contributed by atoms with Gasteiger partial charge in [-0.25, -0.2) is 0 Å². The summed E-state index contributed by atoms with van der Waals surface area (Å²) in [5.74, 6) is 1.77. The molecule has 0 amide bonds. The summed E-state index contributed by atoms with van der Waals surface area (Å²) in [6, 6.07) is 5.70. The van der Waals surface area contributed by atoms with Crippen LogP contribution in [0.25, 0.3) is 11.1 Å². The van der Waals surface area contributed by atoms with E-state index in [0.717, 1.165) is 35.5 Å². The van der Waals surface area contributed by atoms with Crippen molar-refractivity contribution >= 4 is 5.88 Å². The standard InChI is InChI=1S/C14H16N2O3/c1-17-12-6-5-9(11-8-16-19-14(11)15)7-13(12)18-10-3-2-4-10/h5-8,10H,2-4,15H2,1H3. The second-order valence-electron chi connectivity index (χ2n) is 4.64. The number of hydrogen-bond donors (Lipinski definition) is 1. The fraction of sp³-hybridized carbons (Fsp3) is 0.357. The van der Waals surface area contributed by atoms with Crippen LogP contribution in [0.3, 0.4) is 0 Å². The van der Waals surface area contributed by atoms with E-state index in [2.05, 4.69) is 5.16 Å². The molecule has 0 atom stereocenters. The van der Waals surface area contributed by atoms with Crippen molar-refractivity contribution in [2.75, 3.05) is 12.8 Å². The summed E-state index contributed by atoms with van der Waals surface area (Å²) in [5, 5.41) is 3.69. The summed E-state index contributed by atoms with van der Waals surface area (Å²) < 4.78 is 16.1. The van der Waals surface area contributed by atoms with E-state index in [0.29, 0.717) is 12.0 Å². The molecule has 1 heterocycles. The number of ether oxygens (including phenoxy) is 2. The van der Waals surface area contributed by atoms with Crippen molar-refractivity contribution in [2.45, 2.75) is 25.4 Å². The van der Waals surface area contributed by atoms with Gasteiger partial charge in [0, 0.05) is 0 Å². The highest BCUT2D eigenvalue weighted by Gasteiger charge is 2.21. The maximum absolute atomic E-state index is 5.93. The minimum atomic E-state index is 0.295. The zero-order valence-electron chi connectivity index (χ0n) is 10.8. The summed E-state index contributed by atoms with van der Waals surface area (Å²) >= 11 is 0. The SMILES string of the molecule is COc1ccc(-c2cnoc2N)cc1OC1CCC1. The summed E-state index contributed by atoms with van der Waals surface area (Å²) in [6.07, 6.45) is 5.32. The zero-order valence-corrected chi connectivity index (χ0v) is 10.8. The van der Waals surface area contributed by atoms with Crippen LogP contribution in [0.2, 0.25) is 0 Å². The first-order valence-corrected chi connectivity index (χ1v) is 6.33. The first kappa shape index (κ1) is 11.9. The Bertz CT molecular complexity index is 576. The van der Waals surface area contributed by atoms with Crippen LogP contribution in [0.1, 0.15) is 19.3 Å². The summed E-state index contributed by atoms with van der Waals surface area (Å²) in [5.41, 5.74) is 7.41. The zero-order chi connectivity index (χ0) is 13.2. The highest BCUT2D eigenvalue weighted by atomic mass is 16.5. The molecule has 1 aliphatic rings. The van der Waals surface area contributed by atoms with Gasteiger partial charge in [0.25, 0.3) is 0 Å². The van der Waals surface area contributed by atoms with E-state index in [4.69, 9.17) is 19.7 Å². The van der Waals surface area contributed by atoms with Gasteiger partial charge in [0.05, 0.1) is 25.0 Å². The number of rotatable bonds is 4. The first-order chi connectivity index (χ1) is 9.28. The lowest BCUT2D eigenvalue weighted by Crippen LogP contribution is -2.24. The number of nitrogens with zero attached hydrogens (tertiary/aromatic N) is 1. The van der Waals surface area contributed by atoms with E-state index in [-0.39, 0.29) is 0 Å². The number of nitrogens with two attached hydrogens (primary N) is 1. The molecule has 1 fully saturated rings. The maximum Gasteiger partial charge on any atom is 0.229 e. The lowest BCUT2D eigenvalue weighted by molar-refractivity contribution is 0.116. The largest absolute Gasteiger partial charge is 0.493 e. The van der Waals surface area contributed by atoms with Crippen LogP contribution in [-0.2, 0) is 0 Å². The van der Waals surface area contributed by atoms with Crippen molar-refractivity contribution in [2.24, 2.45) is 0 Å². The van der Waals surface area contributed by atoms with Crippen LogP contribution in [0.15, 0.2) is 28.9 Å². The third-order valence-corrected chi connectivity index (χ3v) is 3.42. The molecule has 0 saturated heterocycles. The third kappa shape index (κ3) is 2.23. The molecule has 2 N–H and O–H groups in total. The number of hydrogen-bond acceptors (Lipinski definition) is 5. The topological polar surface area (TPSA) is 70.5 Å². The molecule has 0 bridgehead atoms. The van der Waals surface area contributed by atoms with Gasteiger partial charge in [0.2, 0.25) is 5.88 Å². The minimum absolute atomic E-state index is 0.295. The Morgan fingerprint density at radius 3 is 2.74 bits per heavy atom. The lowest BCUT2D eigenvalue weighted by Gasteiger charge is -2.27. The molecule has 0 radical (unpaired) electrons. The van der Waals surface area contributed by atoms with Gasteiger partial charge in [-0.05, 0) is 37.0 Å². The molecule has 100 valence electrons. The van der Waals surface area contributed by atoms with E-state index in [1.165, 1.54) is 6.42 Å². The molecule has 1 aliphatic carbocycles. The van der Waals surface area contributed by atoms with E-state index < -0.39 is 0 Å². The Kier molecular flexibility index (Phi) is 3.03. The fourth-order valence-corrected chi connectivity index (χ4v) is 2.07. The van der Waals surface area contributed by atoms with E-state index >= 15 is 0 Å². The van der Waals surface area contributed by atoms with Crippen molar-refractivity contribution < 1.29 is 14.0 Å². The van der Waals surface area contributed by atoms with Crippen molar-refractivity contribution in [1.29, 1.82) is 0 Å². The van der Waals surface area contributed by atoms with Crippen molar-refractivity contribution in [3.8, 4) is 22.6 Å². The van der Waals surface area contributed by atoms with E-state index in [9.17, 15) is 0 Å². The molecule has 3 rings (SSSR count). The van der Waals surface area contributed by atoms with Crippen LogP contribution in [-0.4, -0.2) is 18.4 Å². The minimum Gasteiger partial charge on any atom is -0.493 e. The predicted molar refractivity (Wildman–Crippen MR) is 71.2 cm³/mol. The molecular weight excluding hydrogens is 244 g/mol. The lowest BCUT2D eigenvalue weighted by atomic mass is 9.96. The Morgan fingerprint density at radius 1 is 1.32 bits per heavy atom. The van der Waals surface area contributed by atoms with Crippen molar-refractivity contribution in [3.05, 3.63) is 24.4 Å². The highest BCUT2D eigenvalue weighted by molar-refractivity contribution is 5.74. The van der Waals surface area contributed by atoms with Gasteiger partial charge >= 0.3 is 0 Å². The van der Waals surface area contributed by atoms with Gasteiger partial charge in [-0.1, -0.05) is 11.2 Å². The molecule has 1 saturated carbocycles. The quantitative estimate of drug-likeness (QED) is 0.915. The van der Waals surface area contributed by atoms with E-state index in [1.54, 1.807) is 13.3 Å². The second-order valence-corrected chi connectivity index (χ2v) is 4.64. The van der Waals surface area contributed by atoms with Gasteiger partial charge in [-0.3, -0.25) is 0 Å². The van der Waals surface area contributed by atoms with Crippen molar-refractivity contribution in [3.63, 3.8) is 0 Å². The maximum atomic E-state index is 5.93. The average molecular weight is 260 g/mol. The second kappa shape index (κ2) is 4.84. The van der Waals surface area contributed by atoms with Crippen LogP contribution in [0.5, 0.6) is 11.5 Å². The number of nitrogen functional groups attached to an aromatic ring is 1. The Hall–Kier alpha value is -2.17. The van der Waals surface area contributed by atoms with Gasteiger partial charge in [-0.2, -0.15) is 0 Å². The van der Waals surface area contributed by atoms with Crippen LogP contribution in [0, 0.1) is 0 Å². The monoisotopic (exact) mass is 260 g/mol. The van der Waals surface area contributed by atoms with Crippen molar-refractivity contribution in [1.82, 2.24) is 5.16 Å². The first-order valence-electron chi connectivity index (χ1n) is 6.33. The molecule has 19 heavy (non-hydrogen) atoms. The predicted octanol–water partition coefficient (Wildman–Crippen LogP) is 2.86. The molecule has 2 aromatic rings.